The summed E-state index contributed by atoms with van der Waals surface area (Å²) in [6.45, 7) is 10.5. The van der Waals surface area contributed by atoms with E-state index in [1.165, 1.54) is 5.56 Å². The first-order valence-corrected chi connectivity index (χ1v) is 6.55. The lowest BCUT2D eigenvalue weighted by Crippen LogP contribution is -2.29. The molecule has 0 heterocycles. The van der Waals surface area contributed by atoms with E-state index >= 15 is 0 Å². The van der Waals surface area contributed by atoms with E-state index in [1.807, 2.05) is 32.0 Å². The third kappa shape index (κ3) is 4.61. The fourth-order valence-electron chi connectivity index (χ4n) is 2.33. The van der Waals surface area contributed by atoms with Crippen LogP contribution in [0.3, 0.4) is 0 Å². The van der Waals surface area contributed by atoms with Crippen molar-refractivity contribution in [3.05, 3.63) is 34.9 Å². The number of benzene rings is 1. The van der Waals surface area contributed by atoms with Crippen molar-refractivity contribution < 1.29 is 4.79 Å². The third-order valence-corrected chi connectivity index (χ3v) is 3.00. The Labute approximate surface area is 111 Å². The minimum Gasteiger partial charge on any atom is -0.327 e. The van der Waals surface area contributed by atoms with E-state index in [-0.39, 0.29) is 17.2 Å². The van der Waals surface area contributed by atoms with E-state index in [9.17, 15) is 4.79 Å². The fourth-order valence-corrected chi connectivity index (χ4v) is 2.33. The first-order valence-electron chi connectivity index (χ1n) is 6.55. The lowest BCUT2D eigenvalue weighted by atomic mass is 9.86. The van der Waals surface area contributed by atoms with Gasteiger partial charge in [0.2, 0.25) is 0 Å². The van der Waals surface area contributed by atoms with Gasteiger partial charge < -0.3 is 5.73 Å². The van der Waals surface area contributed by atoms with Crippen LogP contribution in [0, 0.1) is 19.3 Å². The molecule has 0 aliphatic heterocycles. The van der Waals surface area contributed by atoms with E-state index in [2.05, 4.69) is 20.8 Å². The number of nitrogens with two attached hydrogens (primary N) is 1. The van der Waals surface area contributed by atoms with Crippen molar-refractivity contribution >= 4 is 5.78 Å². The molecule has 0 aromatic heterocycles. The van der Waals surface area contributed by atoms with Crippen LogP contribution in [0.15, 0.2) is 18.2 Å². The zero-order chi connectivity index (χ0) is 13.9. The molecular weight excluding hydrogens is 222 g/mol. The zero-order valence-corrected chi connectivity index (χ0v) is 12.2. The molecule has 0 aliphatic rings. The van der Waals surface area contributed by atoms with Crippen LogP contribution < -0.4 is 5.73 Å². The van der Waals surface area contributed by atoms with Gasteiger partial charge in [-0.2, -0.15) is 0 Å². The van der Waals surface area contributed by atoms with Gasteiger partial charge >= 0.3 is 0 Å². The van der Waals surface area contributed by atoms with Crippen LogP contribution in [0.25, 0.3) is 0 Å². The maximum atomic E-state index is 12.2. The number of hydrogen-bond donors (Lipinski definition) is 1. The highest BCUT2D eigenvalue weighted by Gasteiger charge is 2.19. The molecule has 0 spiro atoms. The summed E-state index contributed by atoms with van der Waals surface area (Å²) in [5.41, 5.74) is 9.26. The van der Waals surface area contributed by atoms with E-state index in [1.54, 1.807) is 0 Å². The third-order valence-electron chi connectivity index (χ3n) is 3.00. The second-order valence-corrected chi connectivity index (χ2v) is 6.47. The first kappa shape index (κ1) is 14.9. The van der Waals surface area contributed by atoms with Crippen LogP contribution in [0.4, 0.5) is 0 Å². The van der Waals surface area contributed by atoms with Crippen LogP contribution in [-0.4, -0.2) is 11.8 Å². The van der Waals surface area contributed by atoms with Crippen molar-refractivity contribution in [2.75, 3.05) is 0 Å². The minimum atomic E-state index is -0.0572. The van der Waals surface area contributed by atoms with Crippen molar-refractivity contribution in [2.24, 2.45) is 11.1 Å². The molecule has 0 saturated carbocycles. The number of Topliss-reactive ketones (excluding diaryl/α,β-unsaturated/α-hetero) is 1. The van der Waals surface area contributed by atoms with Crippen molar-refractivity contribution in [1.29, 1.82) is 0 Å². The Kier molecular flexibility index (Phi) is 4.69. The SMILES string of the molecule is Cc1ccc(C(=O)CC(N)CC(C)(C)C)c(C)c1. The second kappa shape index (κ2) is 5.66. The highest BCUT2D eigenvalue weighted by Crippen LogP contribution is 2.22. The number of aryl methyl sites for hydroxylation is 2. The molecule has 0 radical (unpaired) electrons. The molecule has 0 amide bonds. The number of hydrogen-bond acceptors (Lipinski definition) is 2. The molecule has 0 fully saturated rings. The predicted octanol–water partition coefficient (Wildman–Crippen LogP) is 3.64. The average molecular weight is 247 g/mol. The van der Waals surface area contributed by atoms with E-state index in [0.717, 1.165) is 17.5 Å². The van der Waals surface area contributed by atoms with Gasteiger partial charge in [-0.05, 0) is 31.2 Å². The normalized spacial score (nSPS) is 13.4. The topological polar surface area (TPSA) is 43.1 Å². The van der Waals surface area contributed by atoms with Crippen LogP contribution in [-0.2, 0) is 0 Å². The van der Waals surface area contributed by atoms with Gasteiger partial charge in [-0.15, -0.1) is 0 Å². The Balaban J connectivity index is 2.71. The summed E-state index contributed by atoms with van der Waals surface area (Å²) >= 11 is 0. The van der Waals surface area contributed by atoms with Gasteiger partial charge in [-0.25, -0.2) is 0 Å². The Morgan fingerprint density at radius 1 is 1.28 bits per heavy atom. The molecule has 2 N–H and O–H groups in total. The van der Waals surface area contributed by atoms with Gasteiger partial charge in [0.1, 0.15) is 0 Å². The summed E-state index contributed by atoms with van der Waals surface area (Å²) in [4.78, 5) is 12.2. The molecule has 1 atom stereocenters. The van der Waals surface area contributed by atoms with Crippen molar-refractivity contribution in [2.45, 2.75) is 53.5 Å². The Morgan fingerprint density at radius 3 is 2.39 bits per heavy atom. The highest BCUT2D eigenvalue weighted by molar-refractivity contribution is 5.97. The van der Waals surface area contributed by atoms with Crippen LogP contribution in [0.1, 0.15) is 55.1 Å². The Morgan fingerprint density at radius 2 is 1.89 bits per heavy atom. The first-order chi connectivity index (χ1) is 8.19. The largest absolute Gasteiger partial charge is 0.327 e. The highest BCUT2D eigenvalue weighted by atomic mass is 16.1. The molecule has 0 saturated heterocycles. The molecule has 18 heavy (non-hydrogen) atoms. The van der Waals surface area contributed by atoms with Gasteiger partial charge in [-0.1, -0.05) is 44.5 Å². The summed E-state index contributed by atoms with van der Waals surface area (Å²) in [7, 11) is 0. The second-order valence-electron chi connectivity index (χ2n) is 6.47. The maximum absolute atomic E-state index is 12.2. The molecule has 0 aliphatic carbocycles. The predicted molar refractivity (Wildman–Crippen MR) is 76.9 cm³/mol. The van der Waals surface area contributed by atoms with Crippen LogP contribution in [0.5, 0.6) is 0 Å². The number of rotatable bonds is 4. The molecule has 1 rings (SSSR count). The van der Waals surface area contributed by atoms with Gasteiger partial charge in [-0.3, -0.25) is 4.79 Å². The molecule has 1 unspecified atom stereocenters. The van der Waals surface area contributed by atoms with Crippen molar-refractivity contribution in [3.63, 3.8) is 0 Å². The molecule has 2 nitrogen and oxygen atoms in total. The summed E-state index contributed by atoms with van der Waals surface area (Å²) in [5, 5.41) is 0. The fraction of sp³-hybridized carbons (Fsp3) is 0.562. The summed E-state index contributed by atoms with van der Waals surface area (Å²) in [5.74, 6) is 0.157. The van der Waals surface area contributed by atoms with Crippen molar-refractivity contribution in [1.82, 2.24) is 0 Å². The van der Waals surface area contributed by atoms with Gasteiger partial charge in [0.05, 0.1) is 0 Å². The Bertz CT molecular complexity index is 429. The Hall–Kier alpha value is -1.15. The summed E-state index contributed by atoms with van der Waals surface area (Å²) in [6.07, 6.45) is 1.30. The molecule has 1 aromatic rings. The summed E-state index contributed by atoms with van der Waals surface area (Å²) < 4.78 is 0. The number of carbonyl (C=O) groups is 1. The van der Waals surface area contributed by atoms with E-state index in [0.29, 0.717) is 6.42 Å². The van der Waals surface area contributed by atoms with Gasteiger partial charge in [0.25, 0.3) is 0 Å². The molecular formula is C16H25NO. The smallest absolute Gasteiger partial charge is 0.164 e. The lowest BCUT2D eigenvalue weighted by molar-refractivity contribution is 0.0967. The molecule has 2 heteroatoms. The van der Waals surface area contributed by atoms with Gasteiger partial charge in [0, 0.05) is 18.0 Å². The van der Waals surface area contributed by atoms with E-state index < -0.39 is 0 Å². The average Bonchev–Trinajstić information content (AvgIpc) is 2.13. The monoisotopic (exact) mass is 247 g/mol. The maximum Gasteiger partial charge on any atom is 0.164 e. The molecule has 100 valence electrons. The van der Waals surface area contributed by atoms with E-state index in [4.69, 9.17) is 5.73 Å². The molecule has 1 aromatic carbocycles. The zero-order valence-electron chi connectivity index (χ0n) is 12.2. The number of ketones is 1. The lowest BCUT2D eigenvalue weighted by Gasteiger charge is -2.22. The number of carbonyl (C=O) groups excluding carboxylic acids is 1. The minimum absolute atomic E-state index is 0.0572. The molecule has 0 bridgehead atoms. The van der Waals surface area contributed by atoms with Crippen LogP contribution >= 0.6 is 0 Å². The van der Waals surface area contributed by atoms with Crippen LogP contribution in [0.2, 0.25) is 0 Å². The van der Waals surface area contributed by atoms with Crippen molar-refractivity contribution in [3.8, 4) is 0 Å². The summed E-state index contributed by atoms with van der Waals surface area (Å²) in [6, 6.07) is 5.88. The standard InChI is InChI=1S/C16H25NO/c1-11-6-7-14(12(2)8-11)15(18)9-13(17)10-16(3,4)5/h6-8,13H,9-10,17H2,1-5H3. The van der Waals surface area contributed by atoms with Gasteiger partial charge in [0.15, 0.2) is 5.78 Å². The quantitative estimate of drug-likeness (QED) is 0.825.